The third-order valence-corrected chi connectivity index (χ3v) is 5.48. The van der Waals surface area contributed by atoms with Gasteiger partial charge >= 0.3 is 0 Å². The number of pyridine rings is 1. The highest BCUT2D eigenvalue weighted by molar-refractivity contribution is 5.93. The number of amides is 1. The van der Waals surface area contributed by atoms with Crippen molar-refractivity contribution >= 4 is 11.7 Å². The number of carbonyl (C=O) groups is 1. The lowest BCUT2D eigenvalue weighted by Gasteiger charge is -2.28. The van der Waals surface area contributed by atoms with Gasteiger partial charge in [-0.3, -0.25) is 4.79 Å². The quantitative estimate of drug-likeness (QED) is 0.737. The van der Waals surface area contributed by atoms with Crippen molar-refractivity contribution in [2.45, 2.75) is 44.9 Å². The van der Waals surface area contributed by atoms with Crippen LogP contribution in [0.2, 0.25) is 0 Å². The highest BCUT2D eigenvalue weighted by Gasteiger charge is 2.27. The monoisotopic (exact) mass is 381 g/mol. The number of hydrogen-bond acceptors (Lipinski definition) is 5. The highest BCUT2D eigenvalue weighted by atomic mass is 16.5. The van der Waals surface area contributed by atoms with Gasteiger partial charge in [-0.05, 0) is 67.5 Å². The third-order valence-electron chi connectivity index (χ3n) is 5.48. The fourth-order valence-electron chi connectivity index (χ4n) is 4.11. The summed E-state index contributed by atoms with van der Waals surface area (Å²) >= 11 is 0. The number of piperidine rings is 1. The zero-order valence-electron chi connectivity index (χ0n) is 16.3. The molecule has 6 heteroatoms. The molecule has 2 aliphatic rings. The summed E-state index contributed by atoms with van der Waals surface area (Å²) in [6.07, 6.45) is 4.31. The number of nitrogens with one attached hydrogen (secondary N) is 2. The van der Waals surface area contributed by atoms with E-state index < -0.39 is 0 Å². The van der Waals surface area contributed by atoms with E-state index in [-0.39, 0.29) is 11.7 Å². The van der Waals surface area contributed by atoms with E-state index in [1.54, 1.807) is 12.1 Å². The van der Waals surface area contributed by atoms with E-state index in [0.717, 1.165) is 37.9 Å². The zero-order chi connectivity index (χ0) is 19.5. The summed E-state index contributed by atoms with van der Waals surface area (Å²) in [5.74, 6) is 1.74. The van der Waals surface area contributed by atoms with Crippen molar-refractivity contribution in [1.29, 1.82) is 0 Å². The van der Waals surface area contributed by atoms with Gasteiger partial charge in [-0.2, -0.15) is 0 Å². The van der Waals surface area contributed by atoms with Crippen molar-refractivity contribution in [1.82, 2.24) is 10.3 Å². The van der Waals surface area contributed by atoms with E-state index in [0.29, 0.717) is 48.2 Å². The molecule has 1 atom stereocenters. The Kier molecular flexibility index (Phi) is 5.48. The van der Waals surface area contributed by atoms with Crippen LogP contribution in [0.15, 0.2) is 24.3 Å². The van der Waals surface area contributed by atoms with Gasteiger partial charge in [0.25, 0.3) is 0 Å². The van der Waals surface area contributed by atoms with Crippen LogP contribution in [0.1, 0.15) is 49.7 Å². The normalized spacial score (nSPS) is 19.0. The van der Waals surface area contributed by atoms with Crippen LogP contribution >= 0.6 is 0 Å². The van der Waals surface area contributed by atoms with Gasteiger partial charge in [0.15, 0.2) is 0 Å². The number of carbonyl (C=O) groups excluding carboxylic acids is 1. The highest BCUT2D eigenvalue weighted by Crippen LogP contribution is 2.41. The molecule has 3 N–H and O–H groups in total. The van der Waals surface area contributed by atoms with E-state index >= 15 is 0 Å². The van der Waals surface area contributed by atoms with E-state index in [1.807, 2.05) is 13.0 Å². The number of fused-ring (bicyclic) bond motifs is 1. The topological polar surface area (TPSA) is 83.5 Å². The number of aromatic nitrogens is 1. The first-order valence-electron chi connectivity index (χ1n) is 10.2. The van der Waals surface area contributed by atoms with E-state index in [4.69, 9.17) is 9.72 Å². The van der Waals surface area contributed by atoms with Crippen LogP contribution < -0.4 is 15.4 Å². The lowest BCUT2D eigenvalue weighted by atomic mass is 9.85. The first-order valence-corrected chi connectivity index (χ1v) is 10.2. The predicted molar refractivity (Wildman–Crippen MR) is 109 cm³/mol. The number of aromatic hydroxyl groups is 1. The Labute approximate surface area is 165 Å². The molecule has 2 aromatic rings. The van der Waals surface area contributed by atoms with E-state index in [9.17, 15) is 9.90 Å². The molecule has 0 bridgehead atoms. The Morgan fingerprint density at radius 2 is 2.21 bits per heavy atom. The molecule has 3 heterocycles. The van der Waals surface area contributed by atoms with Crippen LogP contribution in [0.5, 0.6) is 11.5 Å². The number of phenolic OH excluding ortho intramolecular Hbond substituents is 1. The van der Waals surface area contributed by atoms with Crippen molar-refractivity contribution in [3.63, 3.8) is 0 Å². The number of rotatable bonds is 5. The van der Waals surface area contributed by atoms with Gasteiger partial charge < -0.3 is 20.5 Å². The first kappa shape index (κ1) is 18.7. The van der Waals surface area contributed by atoms with Gasteiger partial charge in [0, 0.05) is 13.0 Å². The third kappa shape index (κ3) is 3.69. The summed E-state index contributed by atoms with van der Waals surface area (Å²) in [5.41, 5.74) is 3.58. The molecule has 148 valence electrons. The first-order chi connectivity index (χ1) is 13.7. The summed E-state index contributed by atoms with van der Waals surface area (Å²) in [6.45, 7) is 4.58. The molecule has 2 aliphatic heterocycles. The van der Waals surface area contributed by atoms with Crippen LogP contribution in [0.3, 0.4) is 0 Å². The molecule has 1 fully saturated rings. The Hall–Kier alpha value is -2.60. The van der Waals surface area contributed by atoms with Crippen LogP contribution in [0.25, 0.3) is 11.3 Å². The molecule has 0 aliphatic carbocycles. The van der Waals surface area contributed by atoms with Gasteiger partial charge in [-0.25, -0.2) is 4.98 Å². The Bertz CT molecular complexity index is 876. The molecule has 1 aromatic heterocycles. The van der Waals surface area contributed by atoms with Crippen molar-refractivity contribution in [3.05, 3.63) is 35.4 Å². The molecule has 0 saturated carbocycles. The number of ether oxygens (including phenoxy) is 1. The minimum absolute atomic E-state index is 0.00962. The van der Waals surface area contributed by atoms with Crippen LogP contribution in [0.4, 0.5) is 5.82 Å². The smallest absolute Gasteiger partial charge is 0.225 e. The number of benzene rings is 1. The number of anilines is 1. The average Bonchev–Trinajstić information content (AvgIpc) is 2.72. The molecule has 1 amide bonds. The maximum atomic E-state index is 12.0. The fourth-order valence-corrected chi connectivity index (χ4v) is 4.11. The van der Waals surface area contributed by atoms with E-state index in [2.05, 4.69) is 16.7 Å². The number of nitrogens with zero attached hydrogens (tertiary/aromatic N) is 1. The van der Waals surface area contributed by atoms with Crippen molar-refractivity contribution < 1.29 is 14.6 Å². The second-order valence-electron chi connectivity index (χ2n) is 7.51. The Balaban J connectivity index is 1.84. The van der Waals surface area contributed by atoms with Crippen molar-refractivity contribution in [2.75, 3.05) is 25.0 Å². The average molecular weight is 381 g/mol. The summed E-state index contributed by atoms with van der Waals surface area (Å²) in [7, 11) is 0. The largest absolute Gasteiger partial charge is 0.507 e. The van der Waals surface area contributed by atoms with E-state index in [1.165, 1.54) is 5.56 Å². The summed E-state index contributed by atoms with van der Waals surface area (Å²) < 4.78 is 5.87. The summed E-state index contributed by atoms with van der Waals surface area (Å²) in [4.78, 5) is 16.7. The Morgan fingerprint density at radius 3 is 3.00 bits per heavy atom. The number of phenols is 1. The predicted octanol–water partition coefficient (Wildman–Crippen LogP) is 3.59. The molecular weight excluding hydrogens is 354 g/mol. The van der Waals surface area contributed by atoms with Gasteiger partial charge in [0.2, 0.25) is 5.91 Å². The molecule has 0 spiro atoms. The summed E-state index contributed by atoms with van der Waals surface area (Å²) in [5, 5.41) is 17.0. The SMILES string of the molecule is CCCOc1cccc(O)c1-c1cc(C2CCCNC2)c2c(n1)NC(=O)CC2. The second kappa shape index (κ2) is 8.19. The minimum atomic E-state index is -0.00962. The van der Waals surface area contributed by atoms with Gasteiger partial charge in [-0.1, -0.05) is 13.0 Å². The maximum absolute atomic E-state index is 12.0. The lowest BCUT2D eigenvalue weighted by Crippen LogP contribution is -2.30. The van der Waals surface area contributed by atoms with Crippen LogP contribution in [-0.4, -0.2) is 35.7 Å². The van der Waals surface area contributed by atoms with Gasteiger partial charge in [0.1, 0.15) is 17.3 Å². The molecule has 1 unspecified atom stereocenters. The molecule has 0 radical (unpaired) electrons. The standard InChI is InChI=1S/C22H27N3O3/c1-2-11-28-19-7-3-6-18(26)21(19)17-12-16(14-5-4-10-23-13-14)15-8-9-20(27)25-22(15)24-17/h3,6-7,12,14,23,26H,2,4-5,8-11,13H2,1H3,(H,24,25,27). The molecule has 1 saturated heterocycles. The van der Waals surface area contributed by atoms with Crippen molar-refractivity contribution in [2.24, 2.45) is 0 Å². The van der Waals surface area contributed by atoms with Gasteiger partial charge in [0.05, 0.1) is 17.9 Å². The second-order valence-corrected chi connectivity index (χ2v) is 7.51. The van der Waals surface area contributed by atoms with Crippen molar-refractivity contribution in [3.8, 4) is 22.8 Å². The molecule has 1 aromatic carbocycles. The fraction of sp³-hybridized carbons (Fsp3) is 0.455. The van der Waals surface area contributed by atoms with Crippen LogP contribution in [0, 0.1) is 0 Å². The molecule has 4 rings (SSSR count). The lowest BCUT2D eigenvalue weighted by molar-refractivity contribution is -0.116. The Morgan fingerprint density at radius 1 is 1.32 bits per heavy atom. The van der Waals surface area contributed by atoms with Gasteiger partial charge in [-0.15, -0.1) is 0 Å². The minimum Gasteiger partial charge on any atom is -0.507 e. The number of hydrogen-bond donors (Lipinski definition) is 3. The molecular formula is C22H27N3O3. The maximum Gasteiger partial charge on any atom is 0.225 e. The molecule has 28 heavy (non-hydrogen) atoms. The van der Waals surface area contributed by atoms with Crippen LogP contribution in [-0.2, 0) is 11.2 Å². The zero-order valence-corrected chi connectivity index (χ0v) is 16.3. The summed E-state index contributed by atoms with van der Waals surface area (Å²) in [6, 6.07) is 7.36. The molecule has 6 nitrogen and oxygen atoms in total.